The van der Waals surface area contributed by atoms with Crippen LogP contribution in [-0.4, -0.2) is 48.1 Å². The minimum absolute atomic E-state index is 0.0658. The van der Waals surface area contributed by atoms with E-state index in [-0.39, 0.29) is 17.9 Å². The van der Waals surface area contributed by atoms with Gasteiger partial charge in [-0.05, 0) is 45.7 Å². The average molecular weight is 353 g/mol. The summed E-state index contributed by atoms with van der Waals surface area (Å²) in [5.74, 6) is 0.0658. The van der Waals surface area contributed by atoms with Crippen LogP contribution >= 0.6 is 11.6 Å². The lowest BCUT2D eigenvalue weighted by Crippen LogP contribution is -2.47. The quantitative estimate of drug-likeness (QED) is 0.842. The first-order valence-electron chi connectivity index (χ1n) is 8.23. The molecule has 6 heteroatoms. The van der Waals surface area contributed by atoms with E-state index in [1.54, 1.807) is 24.3 Å². The largest absolute Gasteiger partial charge is 0.444 e. The summed E-state index contributed by atoms with van der Waals surface area (Å²) < 4.78 is 5.27. The second-order valence-corrected chi connectivity index (χ2v) is 7.57. The molecule has 0 spiro atoms. The highest BCUT2D eigenvalue weighted by Gasteiger charge is 2.24. The van der Waals surface area contributed by atoms with E-state index in [1.165, 1.54) is 0 Å². The minimum atomic E-state index is -0.492. The molecule has 2 rings (SSSR count). The fraction of sp³-hybridized carbons (Fsp3) is 0.556. The van der Waals surface area contributed by atoms with Crippen LogP contribution in [0.1, 0.15) is 44.0 Å². The van der Waals surface area contributed by atoms with Crippen molar-refractivity contribution < 1.29 is 14.3 Å². The predicted octanol–water partition coefficient (Wildman–Crippen LogP) is 3.51. The molecule has 0 bridgehead atoms. The lowest BCUT2D eigenvalue weighted by atomic mass is 10.0. The van der Waals surface area contributed by atoms with E-state index in [1.807, 2.05) is 20.8 Å². The van der Waals surface area contributed by atoms with Crippen LogP contribution in [-0.2, 0) is 4.74 Å². The van der Waals surface area contributed by atoms with Crippen LogP contribution in [0.5, 0.6) is 0 Å². The summed E-state index contributed by atoms with van der Waals surface area (Å²) in [6.07, 6.45) is 1.24. The van der Waals surface area contributed by atoms with Crippen LogP contribution in [0, 0.1) is 0 Å². The molecule has 1 saturated heterocycles. The van der Waals surface area contributed by atoms with E-state index in [9.17, 15) is 9.59 Å². The van der Waals surface area contributed by atoms with Crippen LogP contribution in [0.3, 0.4) is 0 Å². The van der Waals surface area contributed by atoms with Crippen molar-refractivity contribution in [2.24, 2.45) is 0 Å². The van der Waals surface area contributed by atoms with E-state index < -0.39 is 5.60 Å². The number of alkyl carbamates (subject to hydrolysis) is 1. The highest BCUT2D eigenvalue weighted by atomic mass is 35.5. The molecular formula is C18H25ClN2O3. The maximum atomic E-state index is 12.3. The number of nitrogens with zero attached hydrogens (tertiary/aromatic N) is 1. The highest BCUT2D eigenvalue weighted by Crippen LogP contribution is 2.15. The maximum Gasteiger partial charge on any atom is 0.407 e. The van der Waals surface area contributed by atoms with Crippen molar-refractivity contribution in [3.05, 3.63) is 34.9 Å². The lowest BCUT2D eigenvalue weighted by molar-refractivity contribution is 0.0476. The van der Waals surface area contributed by atoms with Gasteiger partial charge in [-0.1, -0.05) is 23.7 Å². The van der Waals surface area contributed by atoms with Gasteiger partial charge in [-0.3, -0.25) is 9.69 Å². The molecule has 0 radical (unpaired) electrons. The number of ketones is 1. The fourth-order valence-electron chi connectivity index (χ4n) is 2.67. The fourth-order valence-corrected chi connectivity index (χ4v) is 2.86. The number of likely N-dealkylation sites (tertiary alicyclic amines) is 1. The summed E-state index contributed by atoms with van der Waals surface area (Å²) in [4.78, 5) is 26.2. The summed E-state index contributed by atoms with van der Waals surface area (Å²) in [6, 6.07) is 7.11. The third kappa shape index (κ3) is 6.13. The van der Waals surface area contributed by atoms with Crippen molar-refractivity contribution >= 4 is 23.5 Å². The molecule has 1 N–H and O–H groups in total. The smallest absolute Gasteiger partial charge is 0.407 e. The molecule has 1 aliphatic heterocycles. The number of rotatable bonds is 4. The molecule has 1 heterocycles. The molecule has 0 saturated carbocycles. The van der Waals surface area contributed by atoms with Gasteiger partial charge in [-0.15, -0.1) is 0 Å². The Bertz CT molecular complexity index is 590. The van der Waals surface area contributed by atoms with Crippen molar-refractivity contribution in [2.45, 2.75) is 45.3 Å². The van der Waals surface area contributed by atoms with Crippen LogP contribution in [0.25, 0.3) is 0 Å². The van der Waals surface area contributed by atoms with Gasteiger partial charge >= 0.3 is 6.09 Å². The number of benzene rings is 1. The zero-order valence-corrected chi connectivity index (χ0v) is 15.2. The van der Waals surface area contributed by atoms with Crippen molar-refractivity contribution in [1.82, 2.24) is 10.2 Å². The van der Waals surface area contributed by atoms with E-state index in [4.69, 9.17) is 16.3 Å². The third-order valence-electron chi connectivity index (χ3n) is 3.82. The Hall–Kier alpha value is -1.59. The number of amides is 1. The predicted molar refractivity (Wildman–Crippen MR) is 94.6 cm³/mol. The number of hydrogen-bond donors (Lipinski definition) is 1. The number of ether oxygens (including phenoxy) is 1. The number of carbonyl (C=O) groups excluding carboxylic acids is 2. The molecule has 132 valence electrons. The molecule has 0 aromatic heterocycles. The van der Waals surface area contributed by atoms with Gasteiger partial charge in [0.2, 0.25) is 0 Å². The number of nitrogens with one attached hydrogen (secondary N) is 1. The third-order valence-corrected chi connectivity index (χ3v) is 4.06. The van der Waals surface area contributed by atoms with Gasteiger partial charge < -0.3 is 10.1 Å². The van der Waals surface area contributed by atoms with Crippen LogP contribution in [0.4, 0.5) is 4.79 Å². The van der Waals surface area contributed by atoms with Gasteiger partial charge in [0.05, 0.1) is 6.54 Å². The summed E-state index contributed by atoms with van der Waals surface area (Å²) in [7, 11) is 0. The zero-order valence-electron chi connectivity index (χ0n) is 14.5. The Balaban J connectivity index is 1.76. The molecule has 1 aromatic rings. The topological polar surface area (TPSA) is 58.6 Å². The Kier molecular flexibility index (Phi) is 6.24. The van der Waals surface area contributed by atoms with Crippen LogP contribution < -0.4 is 5.32 Å². The molecule has 1 amide bonds. The second kappa shape index (κ2) is 7.99. The lowest BCUT2D eigenvalue weighted by Gasteiger charge is -2.32. The van der Waals surface area contributed by atoms with Crippen LogP contribution in [0.15, 0.2) is 24.3 Å². The number of carbonyl (C=O) groups is 2. The van der Waals surface area contributed by atoms with Gasteiger partial charge in [0.25, 0.3) is 0 Å². The zero-order chi connectivity index (χ0) is 17.7. The summed E-state index contributed by atoms with van der Waals surface area (Å²) >= 11 is 5.93. The molecule has 5 nitrogen and oxygen atoms in total. The van der Waals surface area contributed by atoms with Crippen molar-refractivity contribution in [1.29, 1.82) is 0 Å². The number of piperidine rings is 1. The van der Waals surface area contributed by atoms with Gasteiger partial charge in [-0.2, -0.15) is 0 Å². The molecular weight excluding hydrogens is 328 g/mol. The number of halogens is 1. The monoisotopic (exact) mass is 352 g/mol. The molecule has 24 heavy (non-hydrogen) atoms. The SMILES string of the molecule is CC(C)(C)OC(=O)NC1CCN(CC(=O)c2cccc(Cl)c2)CC1. The first kappa shape index (κ1) is 18.7. The Morgan fingerprint density at radius 3 is 2.54 bits per heavy atom. The Morgan fingerprint density at radius 1 is 1.29 bits per heavy atom. The van der Waals surface area contributed by atoms with E-state index >= 15 is 0 Å². The molecule has 1 fully saturated rings. The average Bonchev–Trinajstić information content (AvgIpc) is 2.47. The van der Waals surface area contributed by atoms with Crippen molar-refractivity contribution in [3.8, 4) is 0 Å². The number of hydrogen-bond acceptors (Lipinski definition) is 4. The van der Waals surface area contributed by atoms with Crippen molar-refractivity contribution in [3.63, 3.8) is 0 Å². The van der Waals surface area contributed by atoms with Crippen molar-refractivity contribution in [2.75, 3.05) is 19.6 Å². The first-order chi connectivity index (χ1) is 11.2. The minimum Gasteiger partial charge on any atom is -0.444 e. The first-order valence-corrected chi connectivity index (χ1v) is 8.61. The summed E-state index contributed by atoms with van der Waals surface area (Å²) in [5.41, 5.74) is 0.144. The van der Waals surface area contributed by atoms with Gasteiger partial charge in [0.1, 0.15) is 5.60 Å². The second-order valence-electron chi connectivity index (χ2n) is 7.13. The molecule has 0 atom stereocenters. The van der Waals surface area contributed by atoms with Gasteiger partial charge in [0.15, 0.2) is 5.78 Å². The normalized spacial score (nSPS) is 16.7. The molecule has 1 aromatic carbocycles. The molecule has 1 aliphatic rings. The summed E-state index contributed by atoms with van der Waals surface area (Å²) in [6.45, 7) is 7.45. The van der Waals surface area contributed by atoms with E-state index in [2.05, 4.69) is 10.2 Å². The summed E-state index contributed by atoms with van der Waals surface area (Å²) in [5, 5.41) is 3.47. The molecule has 0 aliphatic carbocycles. The standard InChI is InChI=1S/C18H25ClN2O3/c1-18(2,3)24-17(23)20-15-7-9-21(10-8-15)12-16(22)13-5-4-6-14(19)11-13/h4-6,11,15H,7-10,12H2,1-3H3,(H,20,23). The van der Waals surface area contributed by atoms with Gasteiger partial charge in [-0.25, -0.2) is 4.79 Å². The molecule has 0 unspecified atom stereocenters. The highest BCUT2D eigenvalue weighted by molar-refractivity contribution is 6.31. The van der Waals surface area contributed by atoms with Crippen LogP contribution in [0.2, 0.25) is 5.02 Å². The number of Topliss-reactive ketones (excluding diaryl/α,β-unsaturated/α-hetero) is 1. The maximum absolute atomic E-state index is 12.3. The Morgan fingerprint density at radius 2 is 1.96 bits per heavy atom. The van der Waals surface area contributed by atoms with E-state index in [0.717, 1.165) is 25.9 Å². The van der Waals surface area contributed by atoms with Gasteiger partial charge in [0, 0.05) is 29.7 Å². The van der Waals surface area contributed by atoms with E-state index in [0.29, 0.717) is 17.1 Å². The Labute approximate surface area is 148 Å².